The molecule has 0 saturated heterocycles. The molecule has 0 bridgehead atoms. The van der Waals surface area contributed by atoms with E-state index < -0.39 is 12.0 Å². The minimum absolute atomic E-state index is 0.520. The normalized spacial score (nSPS) is 16.1. The monoisotopic (exact) mass is 202 g/mol. The van der Waals surface area contributed by atoms with Crippen molar-refractivity contribution in [1.29, 1.82) is 0 Å². The van der Waals surface area contributed by atoms with Crippen molar-refractivity contribution in [2.24, 2.45) is 11.5 Å². The van der Waals surface area contributed by atoms with Gasteiger partial charge in [-0.2, -0.15) is 0 Å². The van der Waals surface area contributed by atoms with Crippen LogP contribution in [0.1, 0.15) is 44.9 Å². The van der Waals surface area contributed by atoms with Crippen molar-refractivity contribution in [2.75, 3.05) is 6.54 Å². The van der Waals surface area contributed by atoms with Gasteiger partial charge in [0.05, 0.1) is 0 Å². The molecule has 1 rings (SSSR count). The van der Waals surface area contributed by atoms with E-state index in [1.807, 2.05) is 0 Å². The van der Waals surface area contributed by atoms with Gasteiger partial charge >= 0.3 is 5.97 Å². The van der Waals surface area contributed by atoms with Crippen LogP contribution < -0.4 is 11.5 Å². The van der Waals surface area contributed by atoms with Crippen LogP contribution in [-0.2, 0) is 4.79 Å². The first-order chi connectivity index (χ1) is 6.68. The van der Waals surface area contributed by atoms with Crippen LogP contribution in [0.3, 0.4) is 0 Å². The quantitative estimate of drug-likeness (QED) is 0.582. The fourth-order valence-corrected chi connectivity index (χ4v) is 0.882. The summed E-state index contributed by atoms with van der Waals surface area (Å²) in [5.74, 6) is -0.933. The summed E-state index contributed by atoms with van der Waals surface area (Å²) in [6.07, 6.45) is 8.16. The lowest BCUT2D eigenvalue weighted by molar-refractivity contribution is -0.138. The van der Waals surface area contributed by atoms with Gasteiger partial charge in [0.2, 0.25) is 0 Å². The van der Waals surface area contributed by atoms with Crippen LogP contribution in [0.5, 0.6) is 0 Å². The summed E-state index contributed by atoms with van der Waals surface area (Å²) in [6, 6.07) is -0.716. The van der Waals surface area contributed by atoms with Gasteiger partial charge in [-0.3, -0.25) is 4.79 Å². The standard InChI is InChI=1S/C6H14N2O2.C4H8/c7-4-2-1-3-5(8)6(9)10;1-2-4-3-1/h5H,1-4,7-8H2,(H,9,10);1-4H2. The summed E-state index contributed by atoms with van der Waals surface area (Å²) in [5, 5.41) is 8.33. The summed E-state index contributed by atoms with van der Waals surface area (Å²) in [7, 11) is 0. The van der Waals surface area contributed by atoms with E-state index in [0.29, 0.717) is 13.0 Å². The molecule has 1 aliphatic carbocycles. The maximum absolute atomic E-state index is 10.1. The molecule has 4 nitrogen and oxygen atoms in total. The number of aliphatic carboxylic acids is 1. The summed E-state index contributed by atoms with van der Waals surface area (Å²) in [5.41, 5.74) is 10.4. The Morgan fingerprint density at radius 3 is 2.00 bits per heavy atom. The molecule has 84 valence electrons. The van der Waals surface area contributed by atoms with E-state index in [1.54, 1.807) is 0 Å². The van der Waals surface area contributed by atoms with Crippen molar-refractivity contribution in [3.63, 3.8) is 0 Å². The zero-order valence-corrected chi connectivity index (χ0v) is 8.74. The Hall–Kier alpha value is -0.610. The lowest BCUT2D eigenvalue weighted by Gasteiger charge is -2.05. The van der Waals surface area contributed by atoms with E-state index in [2.05, 4.69) is 0 Å². The van der Waals surface area contributed by atoms with E-state index >= 15 is 0 Å². The first kappa shape index (κ1) is 13.4. The molecule has 0 radical (unpaired) electrons. The number of rotatable bonds is 5. The van der Waals surface area contributed by atoms with Crippen LogP contribution in [0, 0.1) is 0 Å². The molecule has 1 fully saturated rings. The van der Waals surface area contributed by atoms with Crippen LogP contribution in [0.4, 0.5) is 0 Å². The Morgan fingerprint density at radius 2 is 1.71 bits per heavy atom. The first-order valence-electron chi connectivity index (χ1n) is 5.37. The molecular formula is C10H22N2O2. The van der Waals surface area contributed by atoms with E-state index in [-0.39, 0.29) is 0 Å². The molecule has 0 aromatic carbocycles. The molecule has 1 atom stereocenters. The Morgan fingerprint density at radius 1 is 1.21 bits per heavy atom. The topological polar surface area (TPSA) is 89.3 Å². The molecule has 1 aliphatic rings. The third kappa shape index (κ3) is 8.01. The Balaban J connectivity index is 0.000000344. The number of carbonyl (C=O) groups is 1. The second kappa shape index (κ2) is 8.97. The molecule has 5 N–H and O–H groups in total. The highest BCUT2D eigenvalue weighted by Gasteiger charge is 2.09. The van der Waals surface area contributed by atoms with Gasteiger partial charge in [0.15, 0.2) is 0 Å². The van der Waals surface area contributed by atoms with Gasteiger partial charge in [-0.15, -0.1) is 0 Å². The van der Waals surface area contributed by atoms with Gasteiger partial charge in [-0.1, -0.05) is 32.1 Å². The second-order valence-electron chi connectivity index (χ2n) is 3.64. The van der Waals surface area contributed by atoms with Crippen molar-refractivity contribution in [3.8, 4) is 0 Å². The van der Waals surface area contributed by atoms with Crippen molar-refractivity contribution in [1.82, 2.24) is 0 Å². The highest BCUT2D eigenvalue weighted by atomic mass is 16.4. The van der Waals surface area contributed by atoms with Gasteiger partial charge in [-0.25, -0.2) is 0 Å². The molecule has 0 aromatic rings. The molecule has 1 unspecified atom stereocenters. The lowest BCUT2D eigenvalue weighted by Crippen LogP contribution is -2.29. The lowest BCUT2D eigenvalue weighted by atomic mass is 10.0. The summed E-state index contributed by atoms with van der Waals surface area (Å²) < 4.78 is 0. The fourth-order valence-electron chi connectivity index (χ4n) is 0.882. The van der Waals surface area contributed by atoms with E-state index in [9.17, 15) is 4.79 Å². The van der Waals surface area contributed by atoms with Crippen molar-refractivity contribution in [2.45, 2.75) is 51.0 Å². The largest absolute Gasteiger partial charge is 0.480 e. The highest BCUT2D eigenvalue weighted by molar-refractivity contribution is 5.72. The van der Waals surface area contributed by atoms with Crippen LogP contribution in [-0.4, -0.2) is 23.7 Å². The molecule has 0 heterocycles. The molecule has 0 spiro atoms. The molecule has 4 heteroatoms. The zero-order chi connectivity index (χ0) is 10.8. The fraction of sp³-hybridized carbons (Fsp3) is 0.900. The Bertz CT molecular complexity index is 143. The zero-order valence-electron chi connectivity index (χ0n) is 8.74. The third-order valence-electron chi connectivity index (χ3n) is 2.29. The molecule has 0 aromatic heterocycles. The number of hydrogen-bond donors (Lipinski definition) is 3. The Kier molecular flexibility index (Phi) is 8.57. The minimum Gasteiger partial charge on any atom is -0.480 e. The molecular weight excluding hydrogens is 180 g/mol. The maximum Gasteiger partial charge on any atom is 0.320 e. The van der Waals surface area contributed by atoms with Gasteiger partial charge in [-0.05, 0) is 19.4 Å². The summed E-state index contributed by atoms with van der Waals surface area (Å²) in [6.45, 7) is 0.604. The third-order valence-corrected chi connectivity index (χ3v) is 2.29. The van der Waals surface area contributed by atoms with Crippen LogP contribution >= 0.6 is 0 Å². The highest BCUT2D eigenvalue weighted by Crippen LogP contribution is 2.15. The van der Waals surface area contributed by atoms with Crippen LogP contribution in [0.15, 0.2) is 0 Å². The number of nitrogens with two attached hydrogens (primary N) is 2. The SMILES string of the molecule is C1CCC1.NCCCCC(N)C(=O)O. The summed E-state index contributed by atoms with van der Waals surface area (Å²) >= 11 is 0. The molecule has 14 heavy (non-hydrogen) atoms. The first-order valence-corrected chi connectivity index (χ1v) is 5.37. The molecule has 1 saturated carbocycles. The van der Waals surface area contributed by atoms with E-state index in [4.69, 9.17) is 16.6 Å². The molecule has 0 aliphatic heterocycles. The number of unbranched alkanes of at least 4 members (excludes halogenated alkanes) is 1. The second-order valence-corrected chi connectivity index (χ2v) is 3.64. The average molecular weight is 202 g/mol. The number of carboxylic acid groups (broad SMARTS) is 1. The van der Waals surface area contributed by atoms with Crippen molar-refractivity contribution < 1.29 is 9.90 Å². The van der Waals surface area contributed by atoms with E-state index in [1.165, 1.54) is 25.7 Å². The van der Waals surface area contributed by atoms with Gasteiger partial charge in [0.1, 0.15) is 6.04 Å². The average Bonchev–Trinajstić information content (AvgIpc) is 2.01. The summed E-state index contributed by atoms with van der Waals surface area (Å²) in [4.78, 5) is 10.1. The minimum atomic E-state index is -0.933. The van der Waals surface area contributed by atoms with Crippen molar-refractivity contribution >= 4 is 5.97 Å². The Labute approximate surface area is 85.7 Å². The number of hydrogen-bond acceptors (Lipinski definition) is 3. The van der Waals surface area contributed by atoms with E-state index in [0.717, 1.165) is 12.8 Å². The maximum atomic E-state index is 10.1. The van der Waals surface area contributed by atoms with Gasteiger partial charge < -0.3 is 16.6 Å². The van der Waals surface area contributed by atoms with Gasteiger partial charge in [0.25, 0.3) is 0 Å². The molecule has 0 amide bonds. The predicted octanol–water partition coefficient (Wildman–Crippen LogP) is 1.09. The van der Waals surface area contributed by atoms with Crippen LogP contribution in [0.25, 0.3) is 0 Å². The van der Waals surface area contributed by atoms with Gasteiger partial charge in [0, 0.05) is 0 Å². The van der Waals surface area contributed by atoms with Crippen LogP contribution in [0.2, 0.25) is 0 Å². The predicted molar refractivity (Wildman–Crippen MR) is 57.0 cm³/mol. The smallest absolute Gasteiger partial charge is 0.320 e. The number of carboxylic acids is 1. The van der Waals surface area contributed by atoms with Crippen molar-refractivity contribution in [3.05, 3.63) is 0 Å².